The Hall–Kier alpha value is -1.83. The Balaban J connectivity index is 1.82. The minimum atomic E-state index is 0.220. The van der Waals surface area contributed by atoms with E-state index in [1.807, 2.05) is 0 Å². The van der Waals surface area contributed by atoms with E-state index in [0.717, 1.165) is 43.2 Å². The van der Waals surface area contributed by atoms with Crippen LogP contribution in [-0.4, -0.2) is 23.4 Å². The van der Waals surface area contributed by atoms with E-state index >= 15 is 0 Å². The molecule has 108 valence electrons. The van der Waals surface area contributed by atoms with Crippen molar-refractivity contribution in [1.29, 1.82) is 0 Å². The third-order valence-electron chi connectivity index (χ3n) is 5.17. The van der Waals surface area contributed by atoms with Gasteiger partial charge in [0, 0.05) is 18.2 Å². The molecule has 0 spiro atoms. The summed E-state index contributed by atoms with van der Waals surface area (Å²) < 4.78 is 0. The summed E-state index contributed by atoms with van der Waals surface area (Å²) >= 11 is 0. The van der Waals surface area contributed by atoms with Crippen LogP contribution in [0, 0.1) is 0 Å². The fraction of sp³-hybridized carbons (Fsp3) is 0.421. The lowest BCUT2D eigenvalue weighted by atomic mass is 9.97. The molecule has 1 saturated heterocycles. The van der Waals surface area contributed by atoms with Crippen molar-refractivity contribution in [3.63, 3.8) is 0 Å². The number of hydrogen-bond acceptors (Lipinski definition) is 1. The van der Waals surface area contributed by atoms with Crippen LogP contribution in [0.5, 0.6) is 0 Å². The van der Waals surface area contributed by atoms with E-state index in [9.17, 15) is 4.79 Å². The van der Waals surface area contributed by atoms with Gasteiger partial charge in [-0.05, 0) is 67.0 Å². The minimum absolute atomic E-state index is 0.220. The first-order valence-corrected chi connectivity index (χ1v) is 8.10. The molecule has 1 atom stereocenters. The first-order valence-electron chi connectivity index (χ1n) is 8.10. The molecule has 1 amide bonds. The number of rotatable bonds is 1. The largest absolute Gasteiger partial charge is 0.336 e. The third kappa shape index (κ3) is 1.97. The smallest absolute Gasteiger partial charge is 0.254 e. The predicted octanol–water partition coefficient (Wildman–Crippen LogP) is 3.95. The molecule has 4 rings (SSSR count). The molecule has 1 aliphatic heterocycles. The number of carbonyl (C=O) groups is 1. The molecule has 0 saturated carbocycles. The van der Waals surface area contributed by atoms with E-state index in [2.05, 4.69) is 42.2 Å². The standard InChI is InChI=1S/C19H21NO/c1-13-5-2-3-12-20(13)19(21)17-11-10-15-9-8-14-6-4-7-16(17)18(14)15/h4,6-7,10-11,13H,2-3,5,8-9,12H2,1H3/t13-/m0/s1. The summed E-state index contributed by atoms with van der Waals surface area (Å²) in [6.45, 7) is 3.08. The minimum Gasteiger partial charge on any atom is -0.336 e. The first kappa shape index (κ1) is 12.9. The first-order chi connectivity index (χ1) is 10.3. The maximum atomic E-state index is 13.0. The molecule has 2 aromatic carbocycles. The molecule has 2 nitrogen and oxygen atoms in total. The molecule has 0 unspecified atom stereocenters. The second-order valence-corrected chi connectivity index (χ2v) is 6.46. The Morgan fingerprint density at radius 2 is 1.90 bits per heavy atom. The van der Waals surface area contributed by atoms with Crippen molar-refractivity contribution in [2.75, 3.05) is 6.54 Å². The van der Waals surface area contributed by atoms with Crippen LogP contribution < -0.4 is 0 Å². The number of nitrogens with zero attached hydrogens (tertiary/aromatic N) is 1. The molecule has 0 bridgehead atoms. The average molecular weight is 279 g/mol. The van der Waals surface area contributed by atoms with Crippen molar-refractivity contribution in [1.82, 2.24) is 4.90 Å². The number of piperidine rings is 1. The Labute approximate surface area is 125 Å². The molecule has 21 heavy (non-hydrogen) atoms. The number of hydrogen-bond donors (Lipinski definition) is 0. The summed E-state index contributed by atoms with van der Waals surface area (Å²) in [6, 6.07) is 11.0. The topological polar surface area (TPSA) is 20.3 Å². The van der Waals surface area contributed by atoms with Crippen molar-refractivity contribution >= 4 is 16.7 Å². The van der Waals surface area contributed by atoms with Crippen LogP contribution in [0.15, 0.2) is 30.3 Å². The summed E-state index contributed by atoms with van der Waals surface area (Å²) in [4.78, 5) is 15.1. The fourth-order valence-corrected chi connectivity index (χ4v) is 3.99. The molecular weight excluding hydrogens is 258 g/mol. The van der Waals surface area contributed by atoms with Gasteiger partial charge in [0.1, 0.15) is 0 Å². The average Bonchev–Trinajstić information content (AvgIpc) is 2.93. The Morgan fingerprint density at radius 1 is 1.10 bits per heavy atom. The molecule has 2 heteroatoms. The van der Waals surface area contributed by atoms with Gasteiger partial charge < -0.3 is 4.90 Å². The lowest BCUT2D eigenvalue weighted by Gasteiger charge is -2.33. The molecule has 0 N–H and O–H groups in total. The summed E-state index contributed by atoms with van der Waals surface area (Å²) in [7, 11) is 0. The van der Waals surface area contributed by atoms with E-state index < -0.39 is 0 Å². The van der Waals surface area contributed by atoms with Crippen LogP contribution in [0.2, 0.25) is 0 Å². The molecule has 1 heterocycles. The van der Waals surface area contributed by atoms with Crippen molar-refractivity contribution in [3.05, 3.63) is 47.0 Å². The van der Waals surface area contributed by atoms with Crippen molar-refractivity contribution in [2.24, 2.45) is 0 Å². The van der Waals surface area contributed by atoms with E-state index in [1.165, 1.54) is 22.9 Å². The van der Waals surface area contributed by atoms with Gasteiger partial charge in [-0.25, -0.2) is 0 Å². The van der Waals surface area contributed by atoms with Gasteiger partial charge in [-0.3, -0.25) is 4.79 Å². The molecule has 0 radical (unpaired) electrons. The highest BCUT2D eigenvalue weighted by Crippen LogP contribution is 2.33. The maximum absolute atomic E-state index is 13.0. The predicted molar refractivity (Wildman–Crippen MR) is 85.7 cm³/mol. The lowest BCUT2D eigenvalue weighted by molar-refractivity contribution is 0.0637. The Morgan fingerprint density at radius 3 is 2.71 bits per heavy atom. The van der Waals surface area contributed by atoms with Crippen molar-refractivity contribution in [2.45, 2.75) is 45.1 Å². The van der Waals surface area contributed by atoms with Gasteiger partial charge in [0.15, 0.2) is 0 Å². The van der Waals surface area contributed by atoms with Gasteiger partial charge in [0.2, 0.25) is 0 Å². The van der Waals surface area contributed by atoms with Crippen LogP contribution in [-0.2, 0) is 12.8 Å². The van der Waals surface area contributed by atoms with Gasteiger partial charge in [0.25, 0.3) is 5.91 Å². The highest BCUT2D eigenvalue weighted by atomic mass is 16.2. The van der Waals surface area contributed by atoms with Gasteiger partial charge in [-0.1, -0.05) is 24.3 Å². The van der Waals surface area contributed by atoms with Crippen LogP contribution in [0.25, 0.3) is 10.8 Å². The van der Waals surface area contributed by atoms with Crippen LogP contribution >= 0.6 is 0 Å². The zero-order valence-electron chi connectivity index (χ0n) is 12.6. The van der Waals surface area contributed by atoms with Gasteiger partial charge in [-0.2, -0.15) is 0 Å². The van der Waals surface area contributed by atoms with E-state index in [1.54, 1.807) is 0 Å². The second-order valence-electron chi connectivity index (χ2n) is 6.46. The summed E-state index contributed by atoms with van der Waals surface area (Å²) in [6.07, 6.45) is 5.74. The number of benzene rings is 2. The quantitative estimate of drug-likeness (QED) is 0.774. The maximum Gasteiger partial charge on any atom is 0.254 e. The molecular formula is C19H21NO. The number of carbonyl (C=O) groups excluding carboxylic acids is 1. The molecule has 1 aliphatic carbocycles. The van der Waals surface area contributed by atoms with Gasteiger partial charge in [-0.15, -0.1) is 0 Å². The van der Waals surface area contributed by atoms with Crippen molar-refractivity contribution in [3.8, 4) is 0 Å². The number of aryl methyl sites for hydroxylation is 2. The van der Waals surface area contributed by atoms with E-state index in [4.69, 9.17) is 0 Å². The normalized spacial score (nSPS) is 21.0. The third-order valence-corrected chi connectivity index (χ3v) is 5.17. The monoisotopic (exact) mass is 279 g/mol. The van der Waals surface area contributed by atoms with E-state index in [-0.39, 0.29) is 5.91 Å². The Kier molecular flexibility index (Phi) is 2.99. The zero-order chi connectivity index (χ0) is 14.4. The van der Waals surface area contributed by atoms with Crippen LogP contribution in [0.4, 0.5) is 0 Å². The highest BCUT2D eigenvalue weighted by Gasteiger charge is 2.26. The highest BCUT2D eigenvalue weighted by molar-refractivity contribution is 6.09. The van der Waals surface area contributed by atoms with Crippen LogP contribution in [0.1, 0.15) is 47.7 Å². The fourth-order valence-electron chi connectivity index (χ4n) is 3.99. The van der Waals surface area contributed by atoms with Gasteiger partial charge in [0.05, 0.1) is 0 Å². The van der Waals surface area contributed by atoms with Crippen molar-refractivity contribution < 1.29 is 4.79 Å². The lowest BCUT2D eigenvalue weighted by Crippen LogP contribution is -2.42. The number of likely N-dealkylation sites (tertiary alicyclic amines) is 1. The summed E-state index contributed by atoms with van der Waals surface area (Å²) in [5, 5.41) is 2.50. The SMILES string of the molecule is C[C@H]1CCCCN1C(=O)c1ccc2c3c(cccc13)CC2. The molecule has 2 aromatic rings. The number of amides is 1. The van der Waals surface area contributed by atoms with Crippen LogP contribution in [0.3, 0.4) is 0 Å². The summed E-state index contributed by atoms with van der Waals surface area (Å²) in [5.74, 6) is 0.220. The zero-order valence-corrected chi connectivity index (χ0v) is 12.6. The molecule has 1 fully saturated rings. The van der Waals surface area contributed by atoms with E-state index in [0.29, 0.717) is 6.04 Å². The Bertz CT molecular complexity index is 709. The molecule has 2 aliphatic rings. The van der Waals surface area contributed by atoms with Gasteiger partial charge >= 0.3 is 0 Å². The summed E-state index contributed by atoms with van der Waals surface area (Å²) in [5.41, 5.74) is 3.71. The molecule has 0 aromatic heterocycles. The second kappa shape index (κ2) is 4.87.